The van der Waals surface area contributed by atoms with Crippen molar-refractivity contribution in [3.63, 3.8) is 0 Å². The Morgan fingerprint density at radius 1 is 1.22 bits per heavy atom. The van der Waals surface area contributed by atoms with E-state index < -0.39 is 5.60 Å². The second kappa shape index (κ2) is 4.52. The van der Waals surface area contributed by atoms with Crippen molar-refractivity contribution >= 4 is 5.91 Å². The van der Waals surface area contributed by atoms with Gasteiger partial charge in [0.15, 0.2) is 0 Å². The average molecular weight is 253 g/mol. The molecule has 0 heterocycles. The smallest absolute Gasteiger partial charge is 0.222 e. The summed E-state index contributed by atoms with van der Waals surface area (Å²) in [5.74, 6) is 2.00. The first-order valence-electron chi connectivity index (χ1n) is 6.99. The van der Waals surface area contributed by atoms with Crippen LogP contribution in [0.2, 0.25) is 0 Å². The highest BCUT2D eigenvalue weighted by molar-refractivity contribution is 5.78. The van der Waals surface area contributed by atoms with Gasteiger partial charge in [-0.3, -0.25) is 4.79 Å². The first-order chi connectivity index (χ1) is 7.97. The van der Waals surface area contributed by atoms with Crippen LogP contribution in [0.1, 0.15) is 53.4 Å². The Balaban J connectivity index is 0.00000120. The van der Waals surface area contributed by atoms with Gasteiger partial charge < -0.3 is 10.4 Å². The van der Waals surface area contributed by atoms with Crippen LogP contribution in [-0.4, -0.2) is 22.7 Å². The Labute approximate surface area is 110 Å². The normalized spacial score (nSPS) is 44.9. The largest absolute Gasteiger partial charge is 0.390 e. The first kappa shape index (κ1) is 13.9. The zero-order chi connectivity index (χ0) is 12.2. The van der Waals surface area contributed by atoms with Crippen molar-refractivity contribution in [1.82, 2.24) is 5.32 Å². The Hall–Kier alpha value is -0.570. The summed E-state index contributed by atoms with van der Waals surface area (Å²) in [4.78, 5) is 11.8. The summed E-state index contributed by atoms with van der Waals surface area (Å²) in [6.45, 7) is 3.89. The minimum absolute atomic E-state index is 0. The molecular weight excluding hydrogens is 226 g/mol. The van der Waals surface area contributed by atoms with Crippen molar-refractivity contribution in [3.05, 3.63) is 0 Å². The SMILES string of the molecule is C.CC(C)C(=O)NC1C2CC3CC1CC(O)(C3)C2. The van der Waals surface area contributed by atoms with Crippen LogP contribution in [0.3, 0.4) is 0 Å². The molecule has 0 aromatic rings. The zero-order valence-corrected chi connectivity index (χ0v) is 10.8. The van der Waals surface area contributed by atoms with Crippen LogP contribution in [0.4, 0.5) is 0 Å². The molecule has 2 N–H and O–H groups in total. The molecule has 0 saturated heterocycles. The van der Waals surface area contributed by atoms with Gasteiger partial charge in [-0.2, -0.15) is 0 Å². The van der Waals surface area contributed by atoms with E-state index in [1.54, 1.807) is 0 Å². The predicted octanol–water partition coefficient (Wildman–Crippen LogP) is 2.33. The molecule has 0 aromatic carbocycles. The van der Waals surface area contributed by atoms with Crippen LogP contribution in [0.15, 0.2) is 0 Å². The molecule has 3 heteroatoms. The van der Waals surface area contributed by atoms with E-state index in [2.05, 4.69) is 5.32 Å². The molecule has 0 aromatic heterocycles. The minimum atomic E-state index is -0.393. The number of nitrogens with one attached hydrogen (secondary N) is 1. The van der Waals surface area contributed by atoms with Gasteiger partial charge in [-0.15, -0.1) is 0 Å². The highest BCUT2D eigenvalue weighted by Crippen LogP contribution is 2.55. The Morgan fingerprint density at radius 2 is 1.78 bits per heavy atom. The third kappa shape index (κ3) is 2.18. The number of carbonyl (C=O) groups excluding carboxylic acids is 1. The molecule has 2 atom stereocenters. The maximum Gasteiger partial charge on any atom is 0.222 e. The molecular formula is C15H27NO2. The Bertz CT molecular complexity index is 323. The maximum absolute atomic E-state index is 11.8. The number of hydrogen-bond donors (Lipinski definition) is 2. The molecule has 0 aliphatic heterocycles. The van der Waals surface area contributed by atoms with Crippen molar-refractivity contribution < 1.29 is 9.90 Å². The third-order valence-electron chi connectivity index (χ3n) is 5.07. The molecule has 18 heavy (non-hydrogen) atoms. The topological polar surface area (TPSA) is 49.3 Å². The fraction of sp³-hybridized carbons (Fsp3) is 0.933. The van der Waals surface area contributed by atoms with Crippen LogP contribution >= 0.6 is 0 Å². The van der Waals surface area contributed by atoms with E-state index in [0.29, 0.717) is 23.8 Å². The molecule has 3 nitrogen and oxygen atoms in total. The number of hydrogen-bond acceptors (Lipinski definition) is 2. The summed E-state index contributed by atoms with van der Waals surface area (Å²) in [5.41, 5.74) is -0.393. The molecule has 4 fully saturated rings. The van der Waals surface area contributed by atoms with Gasteiger partial charge in [0.2, 0.25) is 5.91 Å². The molecule has 0 radical (unpaired) electrons. The van der Waals surface area contributed by atoms with E-state index in [-0.39, 0.29) is 19.3 Å². The fourth-order valence-electron chi connectivity index (χ4n) is 4.55. The summed E-state index contributed by atoms with van der Waals surface area (Å²) < 4.78 is 0. The van der Waals surface area contributed by atoms with Gasteiger partial charge in [0.1, 0.15) is 0 Å². The van der Waals surface area contributed by atoms with Crippen molar-refractivity contribution in [2.24, 2.45) is 23.7 Å². The van der Waals surface area contributed by atoms with Crippen molar-refractivity contribution in [2.45, 2.75) is 65.0 Å². The number of aliphatic hydroxyl groups is 1. The van der Waals surface area contributed by atoms with E-state index in [9.17, 15) is 9.90 Å². The van der Waals surface area contributed by atoms with E-state index in [0.717, 1.165) is 19.3 Å². The maximum atomic E-state index is 11.8. The highest BCUT2D eigenvalue weighted by atomic mass is 16.3. The molecule has 104 valence electrons. The Morgan fingerprint density at radius 3 is 2.22 bits per heavy atom. The van der Waals surface area contributed by atoms with Crippen molar-refractivity contribution in [3.8, 4) is 0 Å². The van der Waals surface area contributed by atoms with Gasteiger partial charge >= 0.3 is 0 Å². The third-order valence-corrected chi connectivity index (χ3v) is 5.07. The molecule has 4 aliphatic rings. The van der Waals surface area contributed by atoms with Gasteiger partial charge in [0.05, 0.1) is 5.60 Å². The average Bonchev–Trinajstić information content (AvgIpc) is 2.20. The molecule has 4 rings (SSSR count). The monoisotopic (exact) mass is 253 g/mol. The van der Waals surface area contributed by atoms with E-state index in [4.69, 9.17) is 0 Å². The fourth-order valence-corrected chi connectivity index (χ4v) is 4.55. The van der Waals surface area contributed by atoms with Gasteiger partial charge in [-0.1, -0.05) is 21.3 Å². The predicted molar refractivity (Wildman–Crippen MR) is 72.0 cm³/mol. The molecule has 4 saturated carbocycles. The highest BCUT2D eigenvalue weighted by Gasteiger charge is 2.54. The van der Waals surface area contributed by atoms with E-state index in [1.165, 1.54) is 12.8 Å². The van der Waals surface area contributed by atoms with E-state index >= 15 is 0 Å². The number of amides is 1. The minimum Gasteiger partial charge on any atom is -0.390 e. The zero-order valence-electron chi connectivity index (χ0n) is 10.8. The lowest BCUT2D eigenvalue weighted by Crippen LogP contribution is -2.62. The first-order valence-corrected chi connectivity index (χ1v) is 6.99. The number of carbonyl (C=O) groups is 1. The van der Waals surface area contributed by atoms with Gasteiger partial charge in [-0.05, 0) is 49.9 Å². The van der Waals surface area contributed by atoms with E-state index in [1.807, 2.05) is 13.8 Å². The van der Waals surface area contributed by atoms with Crippen LogP contribution in [0.25, 0.3) is 0 Å². The van der Waals surface area contributed by atoms with Gasteiger partial charge in [0, 0.05) is 12.0 Å². The van der Waals surface area contributed by atoms with Gasteiger partial charge in [0.25, 0.3) is 0 Å². The second-order valence-electron chi connectivity index (χ2n) is 6.88. The lowest BCUT2D eigenvalue weighted by molar-refractivity contribution is -0.147. The molecule has 4 bridgehead atoms. The van der Waals surface area contributed by atoms with Gasteiger partial charge in [-0.25, -0.2) is 0 Å². The lowest BCUT2D eigenvalue weighted by atomic mass is 9.52. The van der Waals surface area contributed by atoms with Crippen LogP contribution in [0.5, 0.6) is 0 Å². The van der Waals surface area contributed by atoms with Crippen LogP contribution in [-0.2, 0) is 4.79 Å². The molecule has 0 spiro atoms. The van der Waals surface area contributed by atoms with Crippen molar-refractivity contribution in [2.75, 3.05) is 0 Å². The standard InChI is InChI=1S/C14H23NO2.CH4/c1-8(2)13(16)15-12-10-3-9-4-11(12)7-14(17,5-9)6-10;/h8-12,17H,3-7H2,1-2H3,(H,15,16);1H4. The quantitative estimate of drug-likeness (QED) is 0.793. The summed E-state index contributed by atoms with van der Waals surface area (Å²) >= 11 is 0. The second-order valence-corrected chi connectivity index (χ2v) is 6.88. The summed E-state index contributed by atoms with van der Waals surface area (Å²) in [6.07, 6.45) is 5.24. The summed E-state index contributed by atoms with van der Waals surface area (Å²) in [7, 11) is 0. The molecule has 1 amide bonds. The van der Waals surface area contributed by atoms with Crippen LogP contribution in [0, 0.1) is 23.7 Å². The Kier molecular flexibility index (Phi) is 3.48. The number of rotatable bonds is 2. The van der Waals surface area contributed by atoms with Crippen molar-refractivity contribution in [1.29, 1.82) is 0 Å². The molecule has 4 aliphatic carbocycles. The summed E-state index contributed by atoms with van der Waals surface area (Å²) in [6, 6.07) is 0.335. The molecule has 2 unspecified atom stereocenters. The van der Waals surface area contributed by atoms with Crippen LogP contribution < -0.4 is 5.32 Å². The lowest BCUT2D eigenvalue weighted by Gasteiger charge is -2.58. The summed E-state index contributed by atoms with van der Waals surface area (Å²) in [5, 5.41) is 13.7.